The molecule has 0 bridgehead atoms. The van der Waals surface area contributed by atoms with E-state index in [1.807, 2.05) is 18.2 Å². The van der Waals surface area contributed by atoms with Gasteiger partial charge in [-0.3, -0.25) is 14.1 Å². The lowest BCUT2D eigenvalue weighted by molar-refractivity contribution is 0.169. The lowest BCUT2D eigenvalue weighted by atomic mass is 9.87. The van der Waals surface area contributed by atoms with Gasteiger partial charge in [0.1, 0.15) is 5.65 Å². The normalized spacial score (nSPS) is 16.8. The molecule has 3 aromatic rings. The van der Waals surface area contributed by atoms with Crippen molar-refractivity contribution in [2.24, 2.45) is 0 Å². The fraction of sp³-hybridized carbons (Fsp3) is 0.364. The Bertz CT molecular complexity index is 963. The summed E-state index contributed by atoms with van der Waals surface area (Å²) in [5.41, 5.74) is 4.55. The second-order valence-electron chi connectivity index (χ2n) is 7.15. The Balaban J connectivity index is 1.59. The quantitative estimate of drug-likeness (QED) is 0.709. The smallest absolute Gasteiger partial charge is 0.258 e. The third-order valence-corrected chi connectivity index (χ3v) is 5.34. The third kappa shape index (κ3) is 3.42. The minimum absolute atomic E-state index is 0.00367. The van der Waals surface area contributed by atoms with Crippen LogP contribution in [0.25, 0.3) is 5.65 Å². The van der Waals surface area contributed by atoms with Crippen molar-refractivity contribution in [3.63, 3.8) is 0 Å². The molecule has 1 aromatic carbocycles. The van der Waals surface area contributed by atoms with Crippen molar-refractivity contribution in [2.45, 2.75) is 45.2 Å². The fourth-order valence-corrected chi connectivity index (χ4v) is 4.06. The van der Waals surface area contributed by atoms with E-state index in [4.69, 9.17) is 4.98 Å². The van der Waals surface area contributed by atoms with Gasteiger partial charge in [0.05, 0.1) is 5.69 Å². The Morgan fingerprint density at radius 1 is 1.15 bits per heavy atom. The van der Waals surface area contributed by atoms with E-state index >= 15 is 0 Å². The zero-order valence-electron chi connectivity index (χ0n) is 15.3. The summed E-state index contributed by atoms with van der Waals surface area (Å²) in [6.07, 6.45) is 6.27. The summed E-state index contributed by atoms with van der Waals surface area (Å²) in [6, 6.07) is 16.7. The van der Waals surface area contributed by atoms with Gasteiger partial charge in [0.25, 0.3) is 5.56 Å². The number of pyridine rings is 1. The maximum absolute atomic E-state index is 12.4. The average Bonchev–Trinajstić information content (AvgIpc) is 2.67. The lowest BCUT2D eigenvalue weighted by Crippen LogP contribution is -2.39. The maximum Gasteiger partial charge on any atom is 0.258 e. The van der Waals surface area contributed by atoms with Crippen LogP contribution in [0.2, 0.25) is 0 Å². The summed E-state index contributed by atoms with van der Waals surface area (Å²) in [5.74, 6) is 0. The number of hydrogen-bond donors (Lipinski definition) is 0. The first-order valence-corrected chi connectivity index (χ1v) is 9.53. The Morgan fingerprint density at radius 3 is 2.81 bits per heavy atom. The first-order valence-electron chi connectivity index (χ1n) is 9.53. The molecular formula is C22H25N3O. The monoisotopic (exact) mass is 347 g/mol. The van der Waals surface area contributed by atoms with Gasteiger partial charge in [-0.25, -0.2) is 4.98 Å². The highest BCUT2D eigenvalue weighted by Gasteiger charge is 2.24. The Morgan fingerprint density at radius 2 is 1.96 bits per heavy atom. The van der Waals surface area contributed by atoms with Crippen molar-refractivity contribution in [1.82, 2.24) is 14.3 Å². The van der Waals surface area contributed by atoms with Gasteiger partial charge in [-0.2, -0.15) is 0 Å². The molecule has 0 unspecified atom stereocenters. The summed E-state index contributed by atoms with van der Waals surface area (Å²) >= 11 is 0. The van der Waals surface area contributed by atoms with Gasteiger partial charge < -0.3 is 0 Å². The van der Waals surface area contributed by atoms with E-state index in [9.17, 15) is 4.79 Å². The highest BCUT2D eigenvalue weighted by atomic mass is 16.1. The lowest BCUT2D eigenvalue weighted by Gasteiger charge is -2.35. The molecule has 0 saturated heterocycles. The molecule has 0 aliphatic heterocycles. The summed E-state index contributed by atoms with van der Waals surface area (Å²) in [5, 5.41) is 0. The van der Waals surface area contributed by atoms with Crippen molar-refractivity contribution in [3.05, 3.63) is 81.9 Å². The average molecular weight is 347 g/mol. The van der Waals surface area contributed by atoms with Gasteiger partial charge in [-0.1, -0.05) is 37.3 Å². The van der Waals surface area contributed by atoms with E-state index in [-0.39, 0.29) is 5.56 Å². The van der Waals surface area contributed by atoms with E-state index in [1.165, 1.54) is 17.5 Å². The van der Waals surface area contributed by atoms with E-state index in [2.05, 4.69) is 36.1 Å². The predicted octanol–water partition coefficient (Wildman–Crippen LogP) is 3.46. The van der Waals surface area contributed by atoms with Crippen molar-refractivity contribution in [2.75, 3.05) is 6.54 Å². The molecule has 0 spiro atoms. The standard InChI is InChI=1S/C22H25N3O/c1-2-12-24(20-11-10-17-7-3-4-8-18(17)14-20)16-19-15-22(26)25-13-6-5-9-21(25)23-19/h3-9,13,15,20H,2,10-12,14,16H2,1H3/t20-/m0/s1. The highest BCUT2D eigenvalue weighted by molar-refractivity contribution is 5.38. The fourth-order valence-electron chi connectivity index (χ4n) is 4.06. The summed E-state index contributed by atoms with van der Waals surface area (Å²) in [4.78, 5) is 19.6. The van der Waals surface area contributed by atoms with Gasteiger partial charge in [-0.05, 0) is 55.5 Å². The molecule has 1 aliphatic carbocycles. The van der Waals surface area contributed by atoms with Crippen LogP contribution in [0.3, 0.4) is 0 Å². The van der Waals surface area contributed by atoms with Gasteiger partial charge in [0.15, 0.2) is 0 Å². The van der Waals surface area contributed by atoms with Crippen LogP contribution in [0, 0.1) is 0 Å². The Hall–Kier alpha value is -2.46. The molecule has 0 amide bonds. The number of fused-ring (bicyclic) bond motifs is 2. The van der Waals surface area contributed by atoms with Crippen molar-refractivity contribution < 1.29 is 0 Å². The highest BCUT2D eigenvalue weighted by Crippen LogP contribution is 2.25. The minimum Gasteiger partial charge on any atom is -0.294 e. The molecule has 2 aromatic heterocycles. The molecule has 2 heterocycles. The van der Waals surface area contributed by atoms with Crippen molar-refractivity contribution >= 4 is 5.65 Å². The van der Waals surface area contributed by atoms with Crippen LogP contribution in [-0.2, 0) is 19.4 Å². The molecule has 134 valence electrons. The number of benzene rings is 1. The van der Waals surface area contributed by atoms with Crippen LogP contribution in [0.1, 0.15) is 36.6 Å². The van der Waals surface area contributed by atoms with Gasteiger partial charge in [0.2, 0.25) is 0 Å². The number of aromatic nitrogens is 2. The second-order valence-corrected chi connectivity index (χ2v) is 7.15. The van der Waals surface area contributed by atoms with Crippen LogP contribution < -0.4 is 5.56 Å². The minimum atomic E-state index is -0.00367. The predicted molar refractivity (Wildman–Crippen MR) is 104 cm³/mol. The van der Waals surface area contributed by atoms with Crippen LogP contribution in [0.15, 0.2) is 59.5 Å². The molecule has 4 rings (SSSR count). The molecule has 1 atom stereocenters. The van der Waals surface area contributed by atoms with Crippen LogP contribution in [0.4, 0.5) is 0 Å². The summed E-state index contributed by atoms with van der Waals surface area (Å²) in [7, 11) is 0. The number of rotatable bonds is 5. The van der Waals surface area contributed by atoms with Crippen LogP contribution in [0.5, 0.6) is 0 Å². The zero-order chi connectivity index (χ0) is 17.9. The Labute approximate surface area is 154 Å². The van der Waals surface area contributed by atoms with E-state index in [1.54, 1.807) is 16.7 Å². The molecular weight excluding hydrogens is 322 g/mol. The van der Waals surface area contributed by atoms with Gasteiger partial charge in [-0.15, -0.1) is 0 Å². The zero-order valence-corrected chi connectivity index (χ0v) is 15.3. The first-order chi connectivity index (χ1) is 12.7. The summed E-state index contributed by atoms with van der Waals surface area (Å²) in [6.45, 7) is 3.98. The van der Waals surface area contributed by atoms with Crippen molar-refractivity contribution in [1.29, 1.82) is 0 Å². The van der Waals surface area contributed by atoms with Gasteiger partial charge in [0, 0.05) is 24.8 Å². The molecule has 0 saturated carbocycles. The van der Waals surface area contributed by atoms with E-state index in [0.717, 1.165) is 43.7 Å². The Kier molecular flexibility index (Phi) is 4.85. The third-order valence-electron chi connectivity index (χ3n) is 5.34. The molecule has 4 heteroatoms. The van der Waals surface area contributed by atoms with Crippen molar-refractivity contribution in [3.8, 4) is 0 Å². The van der Waals surface area contributed by atoms with E-state index in [0.29, 0.717) is 6.04 Å². The number of nitrogens with zero attached hydrogens (tertiary/aromatic N) is 3. The number of hydrogen-bond acceptors (Lipinski definition) is 3. The molecule has 26 heavy (non-hydrogen) atoms. The molecule has 4 nitrogen and oxygen atoms in total. The molecule has 0 N–H and O–H groups in total. The van der Waals surface area contributed by atoms with Crippen LogP contribution in [-0.4, -0.2) is 26.9 Å². The molecule has 1 aliphatic rings. The second kappa shape index (κ2) is 7.42. The van der Waals surface area contributed by atoms with Gasteiger partial charge >= 0.3 is 0 Å². The number of aryl methyl sites for hydroxylation is 1. The SMILES string of the molecule is CCCN(Cc1cc(=O)n2ccccc2n1)[C@H]1CCc2ccccc2C1. The first kappa shape index (κ1) is 17.0. The largest absolute Gasteiger partial charge is 0.294 e. The maximum atomic E-state index is 12.4. The van der Waals surface area contributed by atoms with Crippen LogP contribution >= 0.6 is 0 Å². The topological polar surface area (TPSA) is 37.6 Å². The molecule has 0 radical (unpaired) electrons. The summed E-state index contributed by atoms with van der Waals surface area (Å²) < 4.78 is 1.60. The van der Waals surface area contributed by atoms with E-state index < -0.39 is 0 Å². The molecule has 0 fully saturated rings.